The van der Waals surface area contributed by atoms with Gasteiger partial charge in [0.1, 0.15) is 0 Å². The Kier molecular flexibility index (Phi) is 25.2. The van der Waals surface area contributed by atoms with E-state index in [1.807, 2.05) is 0 Å². The van der Waals surface area contributed by atoms with Crippen molar-refractivity contribution in [1.29, 1.82) is 0 Å². The lowest BCUT2D eigenvalue weighted by atomic mass is 10.3. The van der Waals surface area contributed by atoms with Gasteiger partial charge in [-0.15, -0.1) is 0 Å². The summed E-state index contributed by atoms with van der Waals surface area (Å²) < 4.78 is 3.07. The first-order chi connectivity index (χ1) is 25.3. The van der Waals surface area contributed by atoms with Crippen LogP contribution >= 0.6 is 0 Å². The van der Waals surface area contributed by atoms with Gasteiger partial charge >= 0.3 is 0 Å². The summed E-state index contributed by atoms with van der Waals surface area (Å²) in [5.41, 5.74) is 17.2. The molecular formula is C35H73N13O4. The molecule has 0 aliphatic heterocycles. The van der Waals surface area contributed by atoms with Gasteiger partial charge < -0.3 is 58.9 Å². The summed E-state index contributed by atoms with van der Waals surface area (Å²) in [6, 6.07) is 6.06. The minimum Gasteiger partial charge on any atom is -0.494 e. The maximum absolute atomic E-state index is 10.2. The molecule has 2 aromatic rings. The molecule has 0 aliphatic rings. The molecule has 2 heterocycles. The summed E-state index contributed by atoms with van der Waals surface area (Å²) in [6.07, 6.45) is 1.08. The molecule has 0 aliphatic carbocycles. The fourth-order valence-corrected chi connectivity index (χ4v) is 5.96. The van der Waals surface area contributed by atoms with E-state index in [9.17, 15) is 20.4 Å². The highest BCUT2D eigenvalue weighted by molar-refractivity contribution is 5.24. The van der Waals surface area contributed by atoms with Crippen LogP contribution in [0.2, 0.25) is 0 Å². The van der Waals surface area contributed by atoms with E-state index in [1.54, 1.807) is 4.57 Å². The molecule has 17 nitrogen and oxygen atoms in total. The Bertz CT molecular complexity index is 1010. The Labute approximate surface area is 312 Å². The van der Waals surface area contributed by atoms with Crippen LogP contribution in [0.15, 0.2) is 24.3 Å². The molecule has 0 bridgehead atoms. The van der Waals surface area contributed by atoms with E-state index in [1.165, 1.54) is 28.8 Å². The van der Waals surface area contributed by atoms with Crippen LogP contribution < -0.4 is 38.5 Å². The van der Waals surface area contributed by atoms with Crippen molar-refractivity contribution in [3.05, 3.63) is 24.3 Å². The van der Waals surface area contributed by atoms with Crippen LogP contribution in [0.3, 0.4) is 0 Å². The Morgan fingerprint density at radius 1 is 0.423 bits per heavy atom. The van der Waals surface area contributed by atoms with Crippen LogP contribution in [0, 0.1) is 0 Å². The lowest BCUT2D eigenvalue weighted by Gasteiger charge is -2.32. The van der Waals surface area contributed by atoms with Gasteiger partial charge in [0.05, 0.1) is 0 Å². The Hall–Kier alpha value is -2.68. The van der Waals surface area contributed by atoms with Crippen LogP contribution in [-0.4, -0.2) is 200 Å². The molecule has 0 saturated carbocycles. The SMILES string of the molecule is CCCNCCN(CCN(CCNCCN)CCN(CCNCCN)CCN(CCNCCN)CCn1c(O)ccc1O)CCn1c(O)ccc1O. The standard InChI is InChI=1S/C35H73N13O4/c1-2-10-39-14-18-45(28-30-47-32(49)3-4-33(47)50)26-24-43(19-15-40-11-7-36)22-23-44(20-16-41-12-8-37)25-27-46(21-17-42-13-9-38)29-31-48-34(51)5-6-35(48)52/h3-6,39-42,49-52H,2,7-31,36-38H2,1H3. The van der Waals surface area contributed by atoms with Crippen molar-refractivity contribution in [2.24, 2.45) is 17.2 Å². The van der Waals surface area contributed by atoms with E-state index in [2.05, 4.69) is 47.8 Å². The third-order valence-corrected chi connectivity index (χ3v) is 9.16. The number of aromatic hydroxyl groups is 4. The van der Waals surface area contributed by atoms with Gasteiger partial charge in [-0.05, 0) is 13.0 Å². The third kappa shape index (κ3) is 19.4. The first-order valence-electron chi connectivity index (χ1n) is 19.3. The lowest BCUT2D eigenvalue weighted by Crippen LogP contribution is -2.47. The fourth-order valence-electron chi connectivity index (χ4n) is 5.96. The summed E-state index contributed by atoms with van der Waals surface area (Å²) in [4.78, 5) is 9.76. The van der Waals surface area contributed by atoms with Gasteiger partial charge in [-0.2, -0.15) is 0 Å². The number of aromatic nitrogens is 2. The fraction of sp³-hybridized carbons (Fsp3) is 0.771. The second-order valence-electron chi connectivity index (χ2n) is 13.1. The van der Waals surface area contributed by atoms with Gasteiger partial charge in [0.25, 0.3) is 0 Å². The lowest BCUT2D eigenvalue weighted by molar-refractivity contribution is 0.158. The molecule has 0 spiro atoms. The van der Waals surface area contributed by atoms with Crippen LogP contribution in [0.4, 0.5) is 0 Å². The predicted molar refractivity (Wildman–Crippen MR) is 210 cm³/mol. The number of hydrogen-bond donors (Lipinski definition) is 11. The zero-order valence-electron chi connectivity index (χ0n) is 31.9. The smallest absolute Gasteiger partial charge is 0.193 e. The molecule has 0 amide bonds. The predicted octanol–water partition coefficient (Wildman–Crippen LogP) is -2.34. The Morgan fingerprint density at radius 2 is 0.692 bits per heavy atom. The van der Waals surface area contributed by atoms with Gasteiger partial charge in [0, 0.05) is 181 Å². The zero-order chi connectivity index (χ0) is 37.8. The number of nitrogens with one attached hydrogen (secondary N) is 4. The first kappa shape index (κ1) is 45.5. The minimum atomic E-state index is 0.0594. The van der Waals surface area contributed by atoms with Crippen molar-refractivity contribution in [2.75, 3.05) is 151 Å². The van der Waals surface area contributed by atoms with Crippen molar-refractivity contribution in [3.63, 3.8) is 0 Å². The summed E-state index contributed by atoms with van der Waals surface area (Å²) >= 11 is 0. The Balaban J connectivity index is 2.08. The molecule has 302 valence electrons. The van der Waals surface area contributed by atoms with Crippen molar-refractivity contribution in [1.82, 2.24) is 50.0 Å². The maximum atomic E-state index is 10.2. The number of rotatable bonds is 35. The van der Waals surface area contributed by atoms with E-state index in [0.717, 1.165) is 124 Å². The van der Waals surface area contributed by atoms with Gasteiger partial charge in [0.2, 0.25) is 0 Å². The van der Waals surface area contributed by atoms with Gasteiger partial charge in [-0.3, -0.25) is 28.7 Å². The molecule has 17 heteroatoms. The second-order valence-corrected chi connectivity index (χ2v) is 13.1. The largest absolute Gasteiger partial charge is 0.494 e. The molecule has 2 rings (SSSR count). The highest BCUT2D eigenvalue weighted by atomic mass is 16.3. The first-order valence-corrected chi connectivity index (χ1v) is 19.3. The zero-order valence-corrected chi connectivity index (χ0v) is 31.9. The molecular weight excluding hydrogens is 666 g/mol. The van der Waals surface area contributed by atoms with Crippen molar-refractivity contribution in [2.45, 2.75) is 26.4 Å². The highest BCUT2D eigenvalue weighted by Crippen LogP contribution is 2.21. The molecule has 14 N–H and O–H groups in total. The van der Waals surface area contributed by atoms with Crippen LogP contribution in [0.1, 0.15) is 13.3 Å². The van der Waals surface area contributed by atoms with Crippen LogP contribution in [0.25, 0.3) is 0 Å². The van der Waals surface area contributed by atoms with Crippen molar-refractivity contribution in [3.8, 4) is 23.5 Å². The number of nitrogens with zero attached hydrogens (tertiary/aromatic N) is 6. The molecule has 0 saturated heterocycles. The summed E-state index contributed by atoms with van der Waals surface area (Å²) in [7, 11) is 0. The number of hydrogen-bond acceptors (Lipinski definition) is 15. The van der Waals surface area contributed by atoms with E-state index in [4.69, 9.17) is 17.2 Å². The third-order valence-electron chi connectivity index (χ3n) is 9.16. The molecule has 0 atom stereocenters. The molecule has 0 unspecified atom stereocenters. The van der Waals surface area contributed by atoms with Gasteiger partial charge in [-0.25, -0.2) is 0 Å². The van der Waals surface area contributed by atoms with Crippen molar-refractivity contribution >= 4 is 0 Å². The second kappa shape index (κ2) is 28.8. The highest BCUT2D eigenvalue weighted by Gasteiger charge is 2.16. The topological polar surface area (TPSA) is 230 Å². The molecule has 0 fully saturated rings. The van der Waals surface area contributed by atoms with E-state index >= 15 is 0 Å². The van der Waals surface area contributed by atoms with E-state index in [-0.39, 0.29) is 23.5 Å². The monoisotopic (exact) mass is 740 g/mol. The average Bonchev–Trinajstić information content (AvgIpc) is 3.64. The van der Waals surface area contributed by atoms with Crippen LogP contribution in [-0.2, 0) is 13.1 Å². The van der Waals surface area contributed by atoms with Gasteiger partial charge in [0.15, 0.2) is 23.5 Å². The maximum Gasteiger partial charge on any atom is 0.193 e. The Morgan fingerprint density at radius 3 is 0.962 bits per heavy atom. The average molecular weight is 740 g/mol. The minimum absolute atomic E-state index is 0.0594. The molecule has 0 radical (unpaired) electrons. The quantitative estimate of drug-likeness (QED) is 0.0333. The molecule has 0 aromatic carbocycles. The normalized spacial score (nSPS) is 12.1. The summed E-state index contributed by atoms with van der Waals surface area (Å²) in [5, 5.41) is 54.6. The molecule has 2 aromatic heterocycles. The number of nitrogens with two attached hydrogens (primary N) is 3. The molecule has 52 heavy (non-hydrogen) atoms. The summed E-state index contributed by atoms with van der Waals surface area (Å²) in [5.74, 6) is 0.261. The summed E-state index contributed by atoms with van der Waals surface area (Å²) in [6.45, 7) is 21.7. The van der Waals surface area contributed by atoms with Gasteiger partial charge in [-0.1, -0.05) is 6.92 Å². The van der Waals surface area contributed by atoms with Crippen molar-refractivity contribution < 1.29 is 20.4 Å². The van der Waals surface area contributed by atoms with E-state index in [0.29, 0.717) is 45.8 Å². The van der Waals surface area contributed by atoms with E-state index < -0.39 is 0 Å². The van der Waals surface area contributed by atoms with Crippen LogP contribution in [0.5, 0.6) is 23.5 Å².